The molecule has 32 heavy (non-hydrogen) atoms. The Bertz CT molecular complexity index is 1150. The maximum atomic E-state index is 13.6. The predicted molar refractivity (Wildman–Crippen MR) is 117 cm³/mol. The molecule has 1 saturated heterocycles. The van der Waals surface area contributed by atoms with Gasteiger partial charge in [0.05, 0.1) is 29.5 Å². The third kappa shape index (κ3) is 4.05. The number of nitrogens with zero attached hydrogens (tertiary/aromatic N) is 6. The number of para-hydroxylation sites is 2. The summed E-state index contributed by atoms with van der Waals surface area (Å²) in [6, 6.07) is 6.09. The molecule has 2 amide bonds. The average molecular weight is 438 g/mol. The van der Waals surface area contributed by atoms with Crippen LogP contribution in [0.25, 0.3) is 22.4 Å². The van der Waals surface area contributed by atoms with E-state index in [4.69, 9.17) is 0 Å². The number of benzene rings is 1. The van der Waals surface area contributed by atoms with Crippen molar-refractivity contribution < 1.29 is 14.7 Å². The van der Waals surface area contributed by atoms with Crippen LogP contribution in [0.15, 0.2) is 36.7 Å². The van der Waals surface area contributed by atoms with E-state index in [2.05, 4.69) is 25.6 Å². The van der Waals surface area contributed by atoms with Crippen molar-refractivity contribution in [3.05, 3.63) is 36.7 Å². The third-order valence-corrected chi connectivity index (χ3v) is 5.65. The van der Waals surface area contributed by atoms with E-state index in [1.807, 2.05) is 45.0 Å². The summed E-state index contributed by atoms with van der Waals surface area (Å²) in [7, 11) is 1.52. The molecule has 10 nitrogen and oxygen atoms in total. The number of amides is 2. The lowest BCUT2D eigenvalue weighted by Crippen LogP contribution is -2.49. The van der Waals surface area contributed by atoms with Gasteiger partial charge in [0.1, 0.15) is 23.5 Å². The molecular weight excluding hydrogens is 410 g/mol. The Morgan fingerprint density at radius 1 is 1.19 bits per heavy atom. The fourth-order valence-electron chi connectivity index (χ4n) is 4.11. The number of β-amino-alcohol motifs (C(OH)–C–C–N with tert-alkyl or cyclic N) is 1. The van der Waals surface area contributed by atoms with E-state index in [-0.39, 0.29) is 24.8 Å². The van der Waals surface area contributed by atoms with Crippen LogP contribution in [-0.2, 0) is 9.59 Å². The summed E-state index contributed by atoms with van der Waals surface area (Å²) in [5.41, 5.74) is 2.03. The monoisotopic (exact) mass is 437 g/mol. The molecule has 168 valence electrons. The minimum Gasteiger partial charge on any atom is -0.391 e. The van der Waals surface area contributed by atoms with Gasteiger partial charge in [0.25, 0.3) is 0 Å². The highest BCUT2D eigenvalue weighted by Crippen LogP contribution is 2.34. The number of aliphatic hydroxyl groups excluding tert-OH is 1. The van der Waals surface area contributed by atoms with Gasteiger partial charge >= 0.3 is 0 Å². The molecule has 0 radical (unpaired) electrons. The van der Waals surface area contributed by atoms with Crippen molar-refractivity contribution in [1.29, 1.82) is 0 Å². The molecule has 3 aromatic rings. The summed E-state index contributed by atoms with van der Waals surface area (Å²) in [4.78, 5) is 36.4. The topological polar surface area (TPSA) is 126 Å². The van der Waals surface area contributed by atoms with Gasteiger partial charge in [-0.2, -0.15) is 0 Å². The minimum atomic E-state index is -0.749. The molecule has 0 bridgehead atoms. The minimum absolute atomic E-state index is 0.0984. The smallest absolute Gasteiger partial charge is 0.248 e. The maximum absolute atomic E-state index is 13.6. The maximum Gasteiger partial charge on any atom is 0.248 e. The number of aliphatic hydroxyl groups is 1. The van der Waals surface area contributed by atoms with Crippen LogP contribution in [0.2, 0.25) is 0 Å². The van der Waals surface area contributed by atoms with Crippen LogP contribution >= 0.6 is 0 Å². The van der Waals surface area contributed by atoms with E-state index < -0.39 is 23.6 Å². The number of rotatable bonds is 4. The standard InChI is InChI=1S/C22H27N7O3/c1-22(2,3)19(21(32)28-11-13(30)9-18(28)20(31)23-4)29-12-17(26-27-29)16-10-24-14-7-5-6-8-15(14)25-16/h5-8,10,12-13,18-19,30H,9,11H2,1-4H3,(H,23,31)/t13?,18?,19-/m1/s1. The largest absolute Gasteiger partial charge is 0.391 e. The van der Waals surface area contributed by atoms with Crippen LogP contribution in [0.3, 0.4) is 0 Å². The van der Waals surface area contributed by atoms with E-state index in [0.717, 1.165) is 11.0 Å². The molecule has 0 spiro atoms. The fourth-order valence-corrected chi connectivity index (χ4v) is 4.11. The van der Waals surface area contributed by atoms with Gasteiger partial charge in [-0.15, -0.1) is 5.10 Å². The lowest BCUT2D eigenvalue weighted by molar-refractivity contribution is -0.144. The molecular formula is C22H27N7O3. The Hall–Kier alpha value is -3.40. The summed E-state index contributed by atoms with van der Waals surface area (Å²) in [6.45, 7) is 5.87. The SMILES string of the molecule is CNC(=O)C1CC(O)CN1C(=O)[C@@H](n1cc(-c2cnc3ccccc3n2)nn1)C(C)(C)C. The second-order valence-electron chi connectivity index (χ2n) is 9.11. The molecule has 2 aromatic heterocycles. The first kappa shape index (κ1) is 21.8. The van der Waals surface area contributed by atoms with Crippen LogP contribution in [0.5, 0.6) is 0 Å². The highest BCUT2D eigenvalue weighted by atomic mass is 16.3. The van der Waals surface area contributed by atoms with Crippen molar-refractivity contribution in [2.24, 2.45) is 5.41 Å². The van der Waals surface area contributed by atoms with Gasteiger partial charge in [-0.25, -0.2) is 9.67 Å². The van der Waals surface area contributed by atoms with E-state index in [1.165, 1.54) is 16.6 Å². The molecule has 2 unspecified atom stereocenters. The van der Waals surface area contributed by atoms with Crippen LogP contribution in [-0.4, -0.2) is 72.5 Å². The van der Waals surface area contributed by atoms with Gasteiger partial charge in [-0.3, -0.25) is 14.6 Å². The van der Waals surface area contributed by atoms with Gasteiger partial charge in [0.2, 0.25) is 11.8 Å². The molecule has 3 heterocycles. The van der Waals surface area contributed by atoms with Crippen LogP contribution in [0, 0.1) is 5.41 Å². The zero-order chi connectivity index (χ0) is 23.0. The van der Waals surface area contributed by atoms with E-state index >= 15 is 0 Å². The molecule has 10 heteroatoms. The zero-order valence-corrected chi connectivity index (χ0v) is 18.6. The first-order valence-electron chi connectivity index (χ1n) is 10.5. The Labute approximate surface area is 185 Å². The summed E-state index contributed by atoms with van der Waals surface area (Å²) in [6.07, 6.45) is 2.76. The van der Waals surface area contributed by atoms with Crippen molar-refractivity contribution in [3.8, 4) is 11.4 Å². The molecule has 1 aromatic carbocycles. The quantitative estimate of drug-likeness (QED) is 0.628. The number of fused-ring (bicyclic) bond motifs is 1. The van der Waals surface area contributed by atoms with Crippen molar-refractivity contribution in [3.63, 3.8) is 0 Å². The summed E-state index contributed by atoms with van der Waals surface area (Å²) in [5.74, 6) is -0.586. The molecule has 1 aliphatic heterocycles. The number of likely N-dealkylation sites (N-methyl/N-ethyl adjacent to an activating group) is 1. The average Bonchev–Trinajstić information content (AvgIpc) is 3.39. The molecule has 2 N–H and O–H groups in total. The fraction of sp³-hybridized carbons (Fsp3) is 0.455. The first-order valence-corrected chi connectivity index (χ1v) is 10.5. The van der Waals surface area contributed by atoms with E-state index in [9.17, 15) is 14.7 Å². The van der Waals surface area contributed by atoms with Crippen molar-refractivity contribution in [1.82, 2.24) is 35.2 Å². The number of aromatic nitrogens is 5. The zero-order valence-electron chi connectivity index (χ0n) is 18.6. The molecule has 4 rings (SSSR count). The number of nitrogens with one attached hydrogen (secondary N) is 1. The third-order valence-electron chi connectivity index (χ3n) is 5.65. The predicted octanol–water partition coefficient (Wildman–Crippen LogP) is 1.18. The second kappa shape index (κ2) is 8.27. The normalized spacial score (nSPS) is 19.8. The van der Waals surface area contributed by atoms with E-state index in [0.29, 0.717) is 11.4 Å². The highest BCUT2D eigenvalue weighted by Gasteiger charge is 2.45. The number of likely N-dealkylation sites (tertiary alicyclic amines) is 1. The van der Waals surface area contributed by atoms with E-state index in [1.54, 1.807) is 12.4 Å². The van der Waals surface area contributed by atoms with Gasteiger partial charge < -0.3 is 15.3 Å². The van der Waals surface area contributed by atoms with Gasteiger partial charge in [0, 0.05) is 20.0 Å². The lowest BCUT2D eigenvalue weighted by Gasteiger charge is -2.34. The highest BCUT2D eigenvalue weighted by molar-refractivity contribution is 5.90. The van der Waals surface area contributed by atoms with Gasteiger partial charge in [-0.05, 0) is 17.5 Å². The Balaban J connectivity index is 1.68. The van der Waals surface area contributed by atoms with Crippen LogP contribution < -0.4 is 5.32 Å². The summed E-state index contributed by atoms with van der Waals surface area (Å²) < 4.78 is 1.51. The van der Waals surface area contributed by atoms with Crippen LogP contribution in [0.4, 0.5) is 0 Å². The number of hydrogen-bond acceptors (Lipinski definition) is 7. The van der Waals surface area contributed by atoms with Gasteiger partial charge in [0.15, 0.2) is 0 Å². The van der Waals surface area contributed by atoms with Gasteiger partial charge in [-0.1, -0.05) is 38.1 Å². The summed E-state index contributed by atoms with van der Waals surface area (Å²) >= 11 is 0. The molecule has 1 fully saturated rings. The number of carbonyl (C=O) groups is 2. The Morgan fingerprint density at radius 3 is 2.59 bits per heavy atom. The summed E-state index contributed by atoms with van der Waals surface area (Å²) in [5, 5.41) is 21.2. The van der Waals surface area contributed by atoms with Crippen molar-refractivity contribution in [2.45, 2.75) is 45.4 Å². The number of carbonyl (C=O) groups excluding carboxylic acids is 2. The molecule has 3 atom stereocenters. The van der Waals surface area contributed by atoms with Crippen molar-refractivity contribution in [2.75, 3.05) is 13.6 Å². The molecule has 1 aliphatic rings. The second-order valence-corrected chi connectivity index (χ2v) is 9.11. The Kier molecular flexibility index (Phi) is 5.64. The molecule has 0 saturated carbocycles. The van der Waals surface area contributed by atoms with Crippen molar-refractivity contribution >= 4 is 22.8 Å². The number of hydrogen-bond donors (Lipinski definition) is 2. The van der Waals surface area contributed by atoms with Crippen LogP contribution in [0.1, 0.15) is 33.2 Å². The first-order chi connectivity index (χ1) is 15.2. The Morgan fingerprint density at radius 2 is 1.91 bits per heavy atom. The molecule has 0 aliphatic carbocycles. The lowest BCUT2D eigenvalue weighted by atomic mass is 9.85.